The van der Waals surface area contributed by atoms with Crippen LogP contribution in [0, 0.1) is 11.6 Å². The number of nitrogens with one attached hydrogen (secondary N) is 2. The first-order valence-corrected chi connectivity index (χ1v) is 7.22. The predicted molar refractivity (Wildman–Crippen MR) is 84.9 cm³/mol. The van der Waals surface area contributed by atoms with Crippen molar-refractivity contribution in [1.82, 2.24) is 24.8 Å². The van der Waals surface area contributed by atoms with E-state index < -0.39 is 17.5 Å². The number of hydrogen-bond donors (Lipinski definition) is 2. The van der Waals surface area contributed by atoms with Crippen molar-refractivity contribution in [3.8, 4) is 11.3 Å². The van der Waals surface area contributed by atoms with Gasteiger partial charge in [-0.3, -0.25) is 9.89 Å². The van der Waals surface area contributed by atoms with Gasteiger partial charge in [-0.15, -0.1) is 0 Å². The Bertz CT molecular complexity index is 1070. The Morgan fingerprint density at radius 3 is 2.76 bits per heavy atom. The maximum atomic E-state index is 14.0. The fourth-order valence-electron chi connectivity index (χ4n) is 2.49. The lowest BCUT2D eigenvalue weighted by atomic mass is 10.1. The lowest BCUT2D eigenvalue weighted by Crippen LogP contribution is -2.12. The number of nitrogens with zero attached hydrogens (tertiary/aromatic N) is 4. The minimum atomic E-state index is -0.795. The smallest absolute Gasteiger partial charge is 0.259 e. The SMILES string of the molecule is O=C(Nc1cnn2cccnc12)c1cn[nH]c1-c1c(F)cccc1F. The van der Waals surface area contributed by atoms with Crippen molar-refractivity contribution in [2.24, 2.45) is 0 Å². The standard InChI is InChI=1S/C16H10F2N6O/c17-10-3-1-4-11(18)13(10)14-9(7-20-23-14)16(25)22-12-8-21-24-6-2-5-19-15(12)24/h1-8H,(H,20,23)(H,22,25). The molecule has 25 heavy (non-hydrogen) atoms. The summed E-state index contributed by atoms with van der Waals surface area (Å²) in [6, 6.07) is 5.15. The maximum Gasteiger partial charge on any atom is 0.259 e. The summed E-state index contributed by atoms with van der Waals surface area (Å²) in [7, 11) is 0. The first-order valence-electron chi connectivity index (χ1n) is 7.22. The van der Waals surface area contributed by atoms with Crippen LogP contribution in [0.15, 0.2) is 49.1 Å². The number of H-pyrrole nitrogens is 1. The number of benzene rings is 1. The Morgan fingerprint density at radius 2 is 1.96 bits per heavy atom. The Morgan fingerprint density at radius 1 is 1.16 bits per heavy atom. The van der Waals surface area contributed by atoms with Crippen molar-refractivity contribution in [2.45, 2.75) is 0 Å². The summed E-state index contributed by atoms with van der Waals surface area (Å²) in [5.74, 6) is -2.18. The lowest BCUT2D eigenvalue weighted by Gasteiger charge is -2.06. The van der Waals surface area contributed by atoms with Gasteiger partial charge in [0.05, 0.1) is 29.2 Å². The molecule has 1 aromatic carbocycles. The highest BCUT2D eigenvalue weighted by molar-refractivity contribution is 6.09. The molecule has 0 radical (unpaired) electrons. The molecule has 0 unspecified atom stereocenters. The van der Waals surface area contributed by atoms with Crippen LogP contribution >= 0.6 is 0 Å². The Balaban J connectivity index is 1.72. The monoisotopic (exact) mass is 340 g/mol. The second-order valence-corrected chi connectivity index (χ2v) is 5.16. The number of carbonyl (C=O) groups is 1. The molecule has 124 valence electrons. The summed E-state index contributed by atoms with van der Waals surface area (Å²) in [6.07, 6.45) is 5.88. The Hall–Kier alpha value is -3.62. The summed E-state index contributed by atoms with van der Waals surface area (Å²) >= 11 is 0. The number of aromatic amines is 1. The second-order valence-electron chi connectivity index (χ2n) is 5.16. The van der Waals surface area contributed by atoms with E-state index in [0.717, 1.165) is 12.1 Å². The van der Waals surface area contributed by atoms with Crippen molar-refractivity contribution in [1.29, 1.82) is 0 Å². The van der Waals surface area contributed by atoms with Crippen molar-refractivity contribution in [3.05, 3.63) is 66.3 Å². The number of amides is 1. The largest absolute Gasteiger partial charge is 0.317 e. The van der Waals surface area contributed by atoms with Crippen molar-refractivity contribution in [3.63, 3.8) is 0 Å². The number of hydrogen-bond acceptors (Lipinski definition) is 4. The van der Waals surface area contributed by atoms with Crippen molar-refractivity contribution in [2.75, 3.05) is 5.32 Å². The minimum absolute atomic E-state index is 0.000666. The fourth-order valence-corrected chi connectivity index (χ4v) is 2.49. The third-order valence-electron chi connectivity index (χ3n) is 3.62. The number of aromatic nitrogens is 5. The van der Waals surface area contributed by atoms with Gasteiger partial charge in [-0.25, -0.2) is 18.3 Å². The Labute approximate surface area is 139 Å². The molecule has 3 heterocycles. The molecule has 0 saturated carbocycles. The molecular weight excluding hydrogens is 330 g/mol. The highest BCUT2D eigenvalue weighted by Crippen LogP contribution is 2.27. The zero-order chi connectivity index (χ0) is 17.4. The van der Waals surface area contributed by atoms with Gasteiger partial charge >= 0.3 is 0 Å². The average molecular weight is 340 g/mol. The quantitative estimate of drug-likeness (QED) is 0.600. The second kappa shape index (κ2) is 5.78. The van der Waals surface area contributed by atoms with Crippen LogP contribution in [0.4, 0.5) is 14.5 Å². The van der Waals surface area contributed by atoms with E-state index in [4.69, 9.17) is 0 Å². The van der Waals surface area contributed by atoms with Gasteiger partial charge in [0.15, 0.2) is 5.65 Å². The number of fused-ring (bicyclic) bond motifs is 1. The van der Waals surface area contributed by atoms with E-state index in [1.54, 1.807) is 18.5 Å². The normalized spacial score (nSPS) is 11.0. The van der Waals surface area contributed by atoms with Crippen LogP contribution in [0.25, 0.3) is 16.9 Å². The number of halogens is 2. The summed E-state index contributed by atoms with van der Waals surface area (Å²) in [5.41, 5.74) is 0.421. The molecule has 7 nitrogen and oxygen atoms in total. The molecular formula is C16H10F2N6O. The number of rotatable bonds is 3. The fraction of sp³-hybridized carbons (Fsp3) is 0. The molecule has 0 aliphatic carbocycles. The summed E-state index contributed by atoms with van der Waals surface area (Å²) in [5, 5.41) is 12.9. The molecule has 0 aliphatic heterocycles. The molecule has 1 amide bonds. The van der Waals surface area contributed by atoms with Gasteiger partial charge in [-0.1, -0.05) is 6.07 Å². The van der Waals surface area contributed by atoms with E-state index in [1.165, 1.54) is 23.0 Å². The van der Waals surface area contributed by atoms with Gasteiger partial charge < -0.3 is 5.32 Å². The average Bonchev–Trinajstić information content (AvgIpc) is 3.23. The number of anilines is 1. The minimum Gasteiger partial charge on any atom is -0.317 e. The zero-order valence-electron chi connectivity index (χ0n) is 12.6. The van der Waals surface area contributed by atoms with E-state index in [0.29, 0.717) is 11.3 Å². The molecule has 9 heteroatoms. The first-order chi connectivity index (χ1) is 12.1. The van der Waals surface area contributed by atoms with Crippen molar-refractivity contribution < 1.29 is 13.6 Å². The topological polar surface area (TPSA) is 88.0 Å². The van der Waals surface area contributed by atoms with Gasteiger partial charge in [0.1, 0.15) is 17.3 Å². The van der Waals surface area contributed by atoms with Gasteiger partial charge in [0.25, 0.3) is 5.91 Å². The van der Waals surface area contributed by atoms with Crippen LogP contribution in [0.2, 0.25) is 0 Å². The molecule has 0 spiro atoms. The summed E-state index contributed by atoms with van der Waals surface area (Å²) in [6.45, 7) is 0. The Kier molecular flexibility index (Phi) is 3.46. The van der Waals surface area contributed by atoms with Crippen LogP contribution in [-0.2, 0) is 0 Å². The molecule has 4 aromatic rings. The summed E-state index contributed by atoms with van der Waals surface area (Å²) in [4.78, 5) is 16.7. The van der Waals surface area contributed by atoms with E-state index in [2.05, 4.69) is 25.6 Å². The molecule has 0 aliphatic rings. The third kappa shape index (κ3) is 2.51. The highest BCUT2D eigenvalue weighted by Gasteiger charge is 2.22. The lowest BCUT2D eigenvalue weighted by molar-refractivity contribution is 0.102. The van der Waals surface area contributed by atoms with Crippen molar-refractivity contribution >= 4 is 17.2 Å². The van der Waals surface area contributed by atoms with Crippen LogP contribution in [0.5, 0.6) is 0 Å². The molecule has 3 aromatic heterocycles. The van der Waals surface area contributed by atoms with E-state index in [1.807, 2.05) is 0 Å². The first kappa shape index (κ1) is 14.9. The molecule has 0 atom stereocenters. The van der Waals surface area contributed by atoms with E-state index in [9.17, 15) is 13.6 Å². The van der Waals surface area contributed by atoms with Gasteiger partial charge in [-0.2, -0.15) is 10.2 Å². The zero-order valence-corrected chi connectivity index (χ0v) is 12.6. The van der Waals surface area contributed by atoms with Gasteiger partial charge in [-0.05, 0) is 18.2 Å². The molecule has 0 fully saturated rings. The van der Waals surface area contributed by atoms with Crippen LogP contribution in [-0.4, -0.2) is 30.7 Å². The molecule has 2 N–H and O–H groups in total. The third-order valence-corrected chi connectivity index (χ3v) is 3.62. The van der Waals surface area contributed by atoms with E-state index >= 15 is 0 Å². The predicted octanol–water partition coefficient (Wildman–Crippen LogP) is 2.65. The maximum absolute atomic E-state index is 14.0. The molecule has 0 saturated heterocycles. The highest BCUT2D eigenvalue weighted by atomic mass is 19.1. The van der Waals surface area contributed by atoms with Crippen LogP contribution in [0.3, 0.4) is 0 Å². The van der Waals surface area contributed by atoms with E-state index in [-0.39, 0.29) is 16.8 Å². The molecule has 0 bridgehead atoms. The van der Waals surface area contributed by atoms with Gasteiger partial charge in [0, 0.05) is 12.4 Å². The van der Waals surface area contributed by atoms with Gasteiger partial charge in [0.2, 0.25) is 0 Å². The summed E-state index contributed by atoms with van der Waals surface area (Å²) < 4.78 is 29.5. The molecule has 4 rings (SSSR count). The van der Waals surface area contributed by atoms with Crippen LogP contribution in [0.1, 0.15) is 10.4 Å². The number of carbonyl (C=O) groups excluding carboxylic acids is 1. The van der Waals surface area contributed by atoms with Crippen LogP contribution < -0.4 is 5.32 Å².